The molecule has 4 nitrogen and oxygen atoms in total. The Kier molecular flexibility index (Phi) is 2.03. The van der Waals surface area contributed by atoms with E-state index in [2.05, 4.69) is 15.9 Å². The fourth-order valence-electron chi connectivity index (χ4n) is 1.33. The highest BCUT2D eigenvalue weighted by Crippen LogP contribution is 2.12. The van der Waals surface area contributed by atoms with Gasteiger partial charge in [0.25, 0.3) is 5.52 Å². The molecule has 14 heavy (non-hydrogen) atoms. The van der Waals surface area contributed by atoms with E-state index < -0.39 is 0 Å². The van der Waals surface area contributed by atoms with Crippen LogP contribution in [0.2, 0.25) is 0 Å². The summed E-state index contributed by atoms with van der Waals surface area (Å²) < 4.78 is 2.63. The maximum Gasteiger partial charge on any atom is 0.324 e. The molecule has 0 aliphatic heterocycles. The maximum atomic E-state index is 11.6. The number of halogens is 1. The molecule has 2 aromatic rings. The molecule has 0 atom stereocenters. The van der Waals surface area contributed by atoms with Crippen molar-refractivity contribution in [3.8, 4) is 0 Å². The van der Waals surface area contributed by atoms with Crippen LogP contribution in [0, 0.1) is 5.21 Å². The van der Waals surface area contributed by atoms with E-state index in [-0.39, 0.29) is 11.1 Å². The molecule has 0 unspecified atom stereocenters. The third kappa shape index (κ3) is 1.29. The van der Waals surface area contributed by atoms with Gasteiger partial charge in [-0.25, -0.2) is 0 Å². The van der Waals surface area contributed by atoms with Gasteiger partial charge in [-0.2, -0.15) is 4.73 Å². The van der Waals surface area contributed by atoms with Crippen LogP contribution in [0.1, 0.15) is 0 Å². The minimum Gasteiger partial charge on any atom is -0.618 e. The van der Waals surface area contributed by atoms with Gasteiger partial charge in [0.1, 0.15) is 0 Å². The molecule has 0 aromatic carbocycles. The first-order valence-electron chi connectivity index (χ1n) is 3.97. The predicted octanol–water partition coefficient (Wildman–Crippen LogP) is 0.934. The molecule has 2 rings (SSSR count). The largest absolute Gasteiger partial charge is 0.618 e. The summed E-state index contributed by atoms with van der Waals surface area (Å²) in [5, 5.41) is 12.1. The average Bonchev–Trinajstić information content (AvgIpc) is 2.10. The smallest absolute Gasteiger partial charge is 0.324 e. The molecule has 2 aromatic heterocycles. The highest BCUT2D eigenvalue weighted by atomic mass is 79.9. The summed E-state index contributed by atoms with van der Waals surface area (Å²) in [5.41, 5.74) is -0.122. The first-order valence-corrected chi connectivity index (χ1v) is 4.77. The molecule has 0 N–H and O–H groups in total. The van der Waals surface area contributed by atoms with Crippen molar-refractivity contribution in [3.63, 3.8) is 0 Å². The molecule has 0 aliphatic rings. The zero-order valence-corrected chi connectivity index (χ0v) is 8.98. The van der Waals surface area contributed by atoms with Gasteiger partial charge in [-0.05, 0) is 28.1 Å². The summed E-state index contributed by atoms with van der Waals surface area (Å²) in [4.78, 5) is 11.6. The zero-order valence-electron chi connectivity index (χ0n) is 7.40. The number of hydrogen-bond donors (Lipinski definition) is 0. The Balaban J connectivity index is 3.03. The summed E-state index contributed by atoms with van der Waals surface area (Å²) in [6.45, 7) is 0. The third-order valence-electron chi connectivity index (χ3n) is 2.03. The van der Waals surface area contributed by atoms with E-state index in [4.69, 9.17) is 0 Å². The number of nitrogens with zero attached hydrogens (tertiary/aromatic N) is 2. The lowest BCUT2D eigenvalue weighted by Crippen LogP contribution is -2.34. The number of aryl methyl sites for hydroxylation is 1. The number of rotatable bonds is 0. The van der Waals surface area contributed by atoms with E-state index in [9.17, 15) is 10.0 Å². The van der Waals surface area contributed by atoms with Crippen LogP contribution >= 0.6 is 15.9 Å². The number of aromatic nitrogens is 2. The van der Waals surface area contributed by atoms with E-state index in [0.717, 1.165) is 0 Å². The van der Waals surface area contributed by atoms with Crippen molar-refractivity contribution >= 4 is 26.8 Å². The van der Waals surface area contributed by atoms with Gasteiger partial charge in [-0.1, -0.05) is 0 Å². The maximum absolute atomic E-state index is 11.6. The molecule has 0 radical (unpaired) electrons. The number of pyridine rings is 2. The summed E-state index contributed by atoms with van der Waals surface area (Å²) in [6, 6.07) is 3.47. The molecule has 72 valence electrons. The summed E-state index contributed by atoms with van der Waals surface area (Å²) >= 11 is 3.20. The highest BCUT2D eigenvalue weighted by molar-refractivity contribution is 9.10. The summed E-state index contributed by atoms with van der Waals surface area (Å²) in [6.07, 6.45) is 2.96. The fraction of sp³-hybridized carbons (Fsp3) is 0.111. The van der Waals surface area contributed by atoms with E-state index in [1.54, 1.807) is 25.4 Å². The fourth-order valence-corrected chi connectivity index (χ4v) is 1.76. The molecule has 0 amide bonds. The molecule has 0 saturated carbocycles. The SMILES string of the molecule is Cn1ccc2cc(Br)c[n+]([O-])c2c1=O. The molecule has 0 fully saturated rings. The predicted molar refractivity (Wildman–Crippen MR) is 55.8 cm³/mol. The van der Waals surface area contributed by atoms with Crippen molar-refractivity contribution in [2.45, 2.75) is 0 Å². The van der Waals surface area contributed by atoms with Gasteiger partial charge in [0.2, 0.25) is 0 Å². The Morgan fingerprint density at radius 3 is 3.00 bits per heavy atom. The van der Waals surface area contributed by atoms with Crippen molar-refractivity contribution in [1.29, 1.82) is 0 Å². The Hall–Kier alpha value is -1.36. The van der Waals surface area contributed by atoms with Crippen LogP contribution in [-0.4, -0.2) is 4.57 Å². The number of hydrogen-bond acceptors (Lipinski definition) is 2. The van der Waals surface area contributed by atoms with Crippen molar-refractivity contribution in [2.75, 3.05) is 0 Å². The van der Waals surface area contributed by atoms with Crippen molar-refractivity contribution < 1.29 is 4.73 Å². The van der Waals surface area contributed by atoms with E-state index in [1.165, 1.54) is 10.8 Å². The quantitative estimate of drug-likeness (QED) is 0.519. The van der Waals surface area contributed by atoms with Gasteiger partial charge >= 0.3 is 5.56 Å². The van der Waals surface area contributed by atoms with Crippen LogP contribution in [0.15, 0.2) is 33.8 Å². The first-order chi connectivity index (χ1) is 6.59. The van der Waals surface area contributed by atoms with Crippen LogP contribution in [-0.2, 0) is 7.05 Å². The van der Waals surface area contributed by atoms with Crippen LogP contribution < -0.4 is 10.3 Å². The Bertz CT molecular complexity index is 562. The van der Waals surface area contributed by atoms with Gasteiger partial charge < -0.3 is 9.77 Å². The first kappa shape index (κ1) is 9.21. The molecule has 0 spiro atoms. The minimum absolute atomic E-state index is 0.165. The Morgan fingerprint density at radius 2 is 2.29 bits per heavy atom. The lowest BCUT2D eigenvalue weighted by atomic mass is 10.2. The van der Waals surface area contributed by atoms with Crippen LogP contribution in [0.25, 0.3) is 10.9 Å². The van der Waals surface area contributed by atoms with Crippen molar-refractivity contribution in [1.82, 2.24) is 4.57 Å². The standard InChI is InChI=1S/C9H7BrN2O2/c1-11-3-2-6-4-7(10)5-12(14)8(6)9(11)13/h2-5H,1H3. The lowest BCUT2D eigenvalue weighted by molar-refractivity contribution is -0.578. The van der Waals surface area contributed by atoms with Gasteiger partial charge in [0.15, 0.2) is 6.20 Å². The molecular weight excluding hydrogens is 248 g/mol. The molecular formula is C9H7BrN2O2. The third-order valence-corrected chi connectivity index (χ3v) is 2.46. The second kappa shape index (κ2) is 3.09. The normalized spacial score (nSPS) is 10.7. The van der Waals surface area contributed by atoms with Crippen LogP contribution in [0.3, 0.4) is 0 Å². The summed E-state index contributed by atoms with van der Waals surface area (Å²) in [7, 11) is 1.61. The molecule has 0 aliphatic carbocycles. The number of fused-ring (bicyclic) bond motifs is 1. The van der Waals surface area contributed by atoms with Crippen molar-refractivity contribution in [3.05, 3.63) is 44.6 Å². The summed E-state index contributed by atoms with van der Waals surface area (Å²) in [5.74, 6) is 0. The Labute approximate surface area is 88.1 Å². The van der Waals surface area contributed by atoms with E-state index in [1.807, 2.05) is 0 Å². The average molecular weight is 255 g/mol. The second-order valence-corrected chi connectivity index (χ2v) is 3.94. The van der Waals surface area contributed by atoms with E-state index >= 15 is 0 Å². The van der Waals surface area contributed by atoms with Crippen molar-refractivity contribution in [2.24, 2.45) is 7.05 Å². The van der Waals surface area contributed by atoms with Crippen LogP contribution in [0.4, 0.5) is 0 Å². The topological polar surface area (TPSA) is 48.9 Å². The molecule has 5 heteroatoms. The van der Waals surface area contributed by atoms with Gasteiger partial charge in [-0.3, -0.25) is 4.79 Å². The van der Waals surface area contributed by atoms with Gasteiger partial charge in [0, 0.05) is 13.2 Å². The van der Waals surface area contributed by atoms with E-state index in [0.29, 0.717) is 14.6 Å². The minimum atomic E-state index is -0.287. The second-order valence-electron chi connectivity index (χ2n) is 3.02. The monoisotopic (exact) mass is 254 g/mol. The van der Waals surface area contributed by atoms with Gasteiger partial charge in [0.05, 0.1) is 9.86 Å². The Morgan fingerprint density at radius 1 is 1.57 bits per heavy atom. The zero-order chi connectivity index (χ0) is 10.3. The highest BCUT2D eigenvalue weighted by Gasteiger charge is 2.10. The molecule has 0 bridgehead atoms. The molecule has 0 saturated heterocycles. The lowest BCUT2D eigenvalue weighted by Gasteiger charge is -2.02. The van der Waals surface area contributed by atoms with Gasteiger partial charge in [-0.15, -0.1) is 0 Å². The molecule has 2 heterocycles. The van der Waals surface area contributed by atoms with Crippen LogP contribution in [0.5, 0.6) is 0 Å².